The van der Waals surface area contributed by atoms with Crippen molar-refractivity contribution < 1.29 is 33.8 Å². The predicted molar refractivity (Wildman–Crippen MR) is 152 cm³/mol. The molecule has 1 aliphatic carbocycles. The molecule has 0 spiro atoms. The quantitative estimate of drug-likeness (QED) is 0.146. The molecule has 3 amide bonds. The molecule has 2 aromatic heterocycles. The van der Waals surface area contributed by atoms with Gasteiger partial charge in [0.25, 0.3) is 0 Å². The van der Waals surface area contributed by atoms with Crippen LogP contribution in [0, 0.1) is 5.82 Å². The lowest BCUT2D eigenvalue weighted by Gasteiger charge is -2.31. The van der Waals surface area contributed by atoms with E-state index in [9.17, 15) is 19.6 Å². The molecular weight excluding hydrogens is 565 g/mol. The number of hydrogen-bond donors (Lipinski definition) is 5. The average Bonchev–Trinajstić information content (AvgIpc) is 3.48. The lowest BCUT2D eigenvalue weighted by molar-refractivity contribution is -0.127. The minimum Gasteiger partial charge on any atom is -0.465 e. The van der Waals surface area contributed by atoms with Crippen LogP contribution >= 0.6 is 0 Å². The first kappa shape index (κ1) is 29.5. The third-order valence-electron chi connectivity index (χ3n) is 7.12. The van der Waals surface area contributed by atoms with Crippen LogP contribution in [0.2, 0.25) is 0 Å². The molecule has 15 nitrogen and oxygen atoms in total. The van der Waals surface area contributed by atoms with Crippen LogP contribution in [0.3, 0.4) is 0 Å². The van der Waals surface area contributed by atoms with Crippen molar-refractivity contribution in [3.8, 4) is 0 Å². The highest BCUT2D eigenvalue weighted by Crippen LogP contribution is 2.34. The molecule has 3 heterocycles. The molecule has 43 heavy (non-hydrogen) atoms. The zero-order valence-corrected chi connectivity index (χ0v) is 23.8. The normalized spacial score (nSPS) is 18.7. The van der Waals surface area contributed by atoms with Gasteiger partial charge in [-0.2, -0.15) is 0 Å². The van der Waals surface area contributed by atoms with Crippen LogP contribution in [0.1, 0.15) is 51.2 Å². The van der Waals surface area contributed by atoms with E-state index in [2.05, 4.69) is 36.1 Å². The van der Waals surface area contributed by atoms with Gasteiger partial charge in [-0.25, -0.2) is 28.9 Å². The van der Waals surface area contributed by atoms with Crippen LogP contribution in [0.15, 0.2) is 29.9 Å². The molecular formula is C27H32FN9O6. The molecule has 2 aliphatic rings. The van der Waals surface area contributed by atoms with E-state index in [1.165, 1.54) is 18.7 Å². The summed E-state index contributed by atoms with van der Waals surface area (Å²) in [5.41, 5.74) is -0.780. The number of carbonyl (C=O) groups excluding carboxylic acids is 2. The van der Waals surface area contributed by atoms with Gasteiger partial charge < -0.3 is 35.2 Å². The van der Waals surface area contributed by atoms with Crippen LogP contribution in [-0.4, -0.2) is 84.4 Å². The maximum absolute atomic E-state index is 15.1. The summed E-state index contributed by atoms with van der Waals surface area (Å²) in [5.74, 6) is -1.01. The minimum absolute atomic E-state index is 0.0141. The van der Waals surface area contributed by atoms with Gasteiger partial charge in [0, 0.05) is 29.4 Å². The number of alkyl carbamates (subject to hydrolysis) is 1. The zero-order chi connectivity index (χ0) is 30.9. The third kappa shape index (κ3) is 6.42. The van der Waals surface area contributed by atoms with Crippen molar-refractivity contribution in [3.05, 3.63) is 41.7 Å². The molecule has 0 bridgehead atoms. The fourth-order valence-corrected chi connectivity index (χ4v) is 5.05. The number of amides is 3. The van der Waals surface area contributed by atoms with Crippen LogP contribution < -0.4 is 20.9 Å². The Morgan fingerprint density at radius 1 is 1.23 bits per heavy atom. The van der Waals surface area contributed by atoms with Crippen LogP contribution in [0.4, 0.5) is 25.5 Å². The molecule has 0 radical (unpaired) electrons. The van der Waals surface area contributed by atoms with Crippen molar-refractivity contribution in [2.45, 2.75) is 63.8 Å². The van der Waals surface area contributed by atoms with Gasteiger partial charge in [0.05, 0.1) is 25.6 Å². The summed E-state index contributed by atoms with van der Waals surface area (Å²) in [7, 11) is 0. The Balaban J connectivity index is 1.52. The van der Waals surface area contributed by atoms with E-state index < -0.39 is 29.1 Å². The van der Waals surface area contributed by atoms with Gasteiger partial charge in [0.2, 0.25) is 5.91 Å². The second-order valence-electron chi connectivity index (χ2n) is 11.5. The number of ether oxygens (including phenoxy) is 1. The maximum atomic E-state index is 15.1. The largest absolute Gasteiger partial charge is 0.465 e. The number of hydrogen-bond acceptors (Lipinski definition) is 10. The van der Waals surface area contributed by atoms with Crippen LogP contribution in [0.25, 0.3) is 11.2 Å². The number of halogens is 1. The molecule has 1 saturated carbocycles. The molecule has 2 fully saturated rings. The number of carboxylic acid groups (broad SMARTS) is 1. The van der Waals surface area contributed by atoms with Gasteiger partial charge in [-0.05, 0) is 52.2 Å². The summed E-state index contributed by atoms with van der Waals surface area (Å²) in [6.45, 7) is 5.53. The van der Waals surface area contributed by atoms with Gasteiger partial charge in [-0.3, -0.25) is 10.1 Å². The first-order chi connectivity index (χ1) is 20.4. The molecule has 16 heteroatoms. The monoisotopic (exact) mass is 597 g/mol. The van der Waals surface area contributed by atoms with E-state index in [0.29, 0.717) is 17.8 Å². The highest BCUT2D eigenvalue weighted by atomic mass is 19.1. The number of fused-ring (bicyclic) bond motifs is 1. The SMILES string of the molecule is CC(C)(C)OC(=O)N[C@]1(C(=O)NC2CC2)CCN(c2ccc(F)c(/C=N/O)c2Cn2cnc3c(NC(=O)O)ncnc32)C1. The molecule has 228 valence electrons. The summed E-state index contributed by atoms with van der Waals surface area (Å²) >= 11 is 0. The summed E-state index contributed by atoms with van der Waals surface area (Å²) in [6, 6.07) is 2.82. The Morgan fingerprint density at radius 3 is 2.67 bits per heavy atom. The number of nitrogens with zero attached hydrogens (tertiary/aromatic N) is 6. The summed E-state index contributed by atoms with van der Waals surface area (Å²) < 4.78 is 22.2. The van der Waals surface area contributed by atoms with Crippen molar-refractivity contribution in [3.63, 3.8) is 0 Å². The molecule has 1 aromatic carbocycles. The Morgan fingerprint density at radius 2 is 2.00 bits per heavy atom. The van der Waals surface area contributed by atoms with E-state index in [0.717, 1.165) is 19.1 Å². The summed E-state index contributed by atoms with van der Waals surface area (Å²) in [6.07, 6.45) is 3.45. The number of nitrogens with one attached hydrogen (secondary N) is 3. The van der Waals surface area contributed by atoms with E-state index in [1.807, 2.05) is 4.90 Å². The number of oxime groups is 1. The number of aromatic nitrogens is 4. The molecule has 1 saturated heterocycles. The van der Waals surface area contributed by atoms with Gasteiger partial charge in [-0.1, -0.05) is 5.16 Å². The number of carbonyl (C=O) groups is 3. The predicted octanol–water partition coefficient (Wildman–Crippen LogP) is 2.66. The Hall–Kier alpha value is -5.02. The summed E-state index contributed by atoms with van der Waals surface area (Å²) in [5, 5.41) is 29.5. The molecule has 1 atom stereocenters. The minimum atomic E-state index is -1.33. The van der Waals surface area contributed by atoms with Gasteiger partial charge in [0.1, 0.15) is 23.3 Å². The van der Waals surface area contributed by atoms with Gasteiger partial charge >= 0.3 is 12.2 Å². The second kappa shape index (κ2) is 11.3. The highest BCUT2D eigenvalue weighted by Gasteiger charge is 2.48. The zero-order valence-electron chi connectivity index (χ0n) is 23.8. The van der Waals surface area contributed by atoms with Gasteiger partial charge in [-0.15, -0.1) is 0 Å². The molecule has 1 aliphatic heterocycles. The number of anilines is 2. The van der Waals surface area contributed by atoms with Crippen molar-refractivity contribution in [1.82, 2.24) is 30.2 Å². The number of rotatable bonds is 8. The number of imidazole rings is 1. The first-order valence-corrected chi connectivity index (χ1v) is 13.6. The topological polar surface area (TPSA) is 196 Å². The van der Waals surface area contributed by atoms with Gasteiger partial charge in [0.15, 0.2) is 17.0 Å². The van der Waals surface area contributed by atoms with Crippen molar-refractivity contribution in [2.75, 3.05) is 23.3 Å². The lowest BCUT2D eigenvalue weighted by atomic mass is 9.97. The van der Waals surface area contributed by atoms with Crippen molar-refractivity contribution in [2.24, 2.45) is 5.16 Å². The first-order valence-electron chi connectivity index (χ1n) is 13.6. The van der Waals surface area contributed by atoms with Crippen molar-refractivity contribution in [1.29, 1.82) is 0 Å². The third-order valence-corrected chi connectivity index (χ3v) is 7.12. The van der Waals surface area contributed by atoms with E-state index in [4.69, 9.17) is 9.84 Å². The van der Waals surface area contributed by atoms with E-state index in [1.54, 1.807) is 31.4 Å². The lowest BCUT2D eigenvalue weighted by Crippen LogP contribution is -2.61. The van der Waals surface area contributed by atoms with Crippen LogP contribution in [-0.2, 0) is 16.1 Å². The van der Waals surface area contributed by atoms with E-state index >= 15 is 4.39 Å². The van der Waals surface area contributed by atoms with Crippen molar-refractivity contribution >= 4 is 47.0 Å². The second-order valence-corrected chi connectivity index (χ2v) is 11.5. The standard InChI is InChI=1S/C27H32FN9O6/c1-26(2,3)43-25(41)35-27(23(38)33-15-4-5-15)8-9-36(12-27)19-7-6-18(28)16(10-32-42)17(19)11-37-14-31-20-21(34-24(39)40)29-13-30-22(20)37/h6-7,10,13-15,42H,4-5,8-9,11-12H2,1-3H3,(H,33,38)(H,35,41)(H,39,40)(H,29,30,34)/b32-10+/t27-/m1/s1. The van der Waals surface area contributed by atoms with E-state index in [-0.39, 0.29) is 54.0 Å². The molecule has 3 aromatic rings. The summed E-state index contributed by atoms with van der Waals surface area (Å²) in [4.78, 5) is 51.8. The molecule has 5 rings (SSSR count). The highest BCUT2D eigenvalue weighted by molar-refractivity contribution is 5.93. The Labute approximate surface area is 245 Å². The average molecular weight is 598 g/mol. The fourth-order valence-electron chi connectivity index (χ4n) is 5.05. The molecule has 0 unspecified atom stereocenters. The molecule has 5 N–H and O–H groups in total. The maximum Gasteiger partial charge on any atom is 0.410 e. The van der Waals surface area contributed by atoms with Crippen LogP contribution in [0.5, 0.6) is 0 Å². The Bertz CT molecular complexity index is 1600. The smallest absolute Gasteiger partial charge is 0.410 e. The Kier molecular flexibility index (Phi) is 7.77. The fraction of sp³-hybridized carbons (Fsp3) is 0.444. The number of benzene rings is 1.